The van der Waals surface area contributed by atoms with Gasteiger partial charge in [-0.15, -0.1) is 11.3 Å². The van der Waals surface area contributed by atoms with Crippen molar-refractivity contribution in [3.05, 3.63) is 44.0 Å². The molecule has 0 unspecified atom stereocenters. The lowest BCUT2D eigenvalue weighted by molar-refractivity contribution is -0.385. The molecule has 0 N–H and O–H groups in total. The first-order chi connectivity index (χ1) is 10.6. The number of hydrogen-bond donors (Lipinski definition) is 0. The predicted octanol–water partition coefficient (Wildman–Crippen LogP) is 2.42. The number of piperazine rings is 1. The molecule has 2 aromatic heterocycles. The minimum Gasteiger partial charge on any atom is -0.353 e. The van der Waals surface area contributed by atoms with Gasteiger partial charge in [0, 0.05) is 49.9 Å². The molecule has 3 heterocycles. The quantitative estimate of drug-likeness (QED) is 0.629. The summed E-state index contributed by atoms with van der Waals surface area (Å²) in [7, 11) is 0. The Morgan fingerprint density at radius 3 is 2.68 bits per heavy atom. The van der Waals surface area contributed by atoms with Gasteiger partial charge >= 0.3 is 0 Å². The van der Waals surface area contributed by atoms with Crippen LogP contribution in [-0.2, 0) is 6.54 Å². The summed E-state index contributed by atoms with van der Waals surface area (Å²) >= 11 is 7.79. The van der Waals surface area contributed by atoms with Gasteiger partial charge in [0.1, 0.15) is 12.0 Å². The van der Waals surface area contributed by atoms with Gasteiger partial charge in [-0.1, -0.05) is 11.6 Å². The Balaban J connectivity index is 1.62. The molecular formula is C13H14ClN5O2S. The zero-order valence-corrected chi connectivity index (χ0v) is 13.3. The van der Waals surface area contributed by atoms with Crippen molar-refractivity contribution in [3.8, 4) is 0 Å². The number of aromatic nitrogens is 2. The summed E-state index contributed by atoms with van der Waals surface area (Å²) < 4.78 is 0. The normalized spacial score (nSPS) is 16.0. The van der Waals surface area contributed by atoms with E-state index in [0.29, 0.717) is 10.8 Å². The van der Waals surface area contributed by atoms with E-state index in [9.17, 15) is 10.1 Å². The maximum Gasteiger partial charge on any atom is 0.289 e. The van der Waals surface area contributed by atoms with E-state index in [1.54, 1.807) is 11.3 Å². The summed E-state index contributed by atoms with van der Waals surface area (Å²) in [5.74, 6) is 0.615. The summed E-state index contributed by atoms with van der Waals surface area (Å²) in [5, 5.41) is 11.0. The van der Waals surface area contributed by atoms with Crippen LogP contribution in [0.25, 0.3) is 0 Å². The van der Waals surface area contributed by atoms with Crippen molar-refractivity contribution in [2.45, 2.75) is 6.54 Å². The molecule has 0 aromatic carbocycles. The Kier molecular flexibility index (Phi) is 4.51. The lowest BCUT2D eigenvalue weighted by atomic mass is 10.3. The van der Waals surface area contributed by atoms with Crippen molar-refractivity contribution < 1.29 is 4.92 Å². The average Bonchev–Trinajstić information content (AvgIpc) is 3.01. The smallest absolute Gasteiger partial charge is 0.289 e. The highest BCUT2D eigenvalue weighted by molar-refractivity contribution is 7.09. The van der Waals surface area contributed by atoms with Gasteiger partial charge in [-0.2, -0.15) is 0 Å². The third kappa shape index (κ3) is 3.34. The second-order valence-corrected chi connectivity index (χ2v) is 6.37. The number of hydrogen-bond acceptors (Lipinski definition) is 7. The molecule has 0 radical (unpaired) electrons. The van der Waals surface area contributed by atoms with Gasteiger partial charge in [-0.25, -0.2) is 4.98 Å². The number of rotatable bonds is 4. The fraction of sp³-hybridized carbons (Fsp3) is 0.385. The number of anilines is 1. The minimum atomic E-state index is -0.490. The van der Waals surface area contributed by atoms with Crippen LogP contribution in [0.5, 0.6) is 0 Å². The molecule has 0 aliphatic carbocycles. The van der Waals surface area contributed by atoms with Crippen molar-refractivity contribution >= 4 is 34.4 Å². The van der Waals surface area contributed by atoms with Gasteiger partial charge in [-0.05, 0) is 0 Å². The van der Waals surface area contributed by atoms with Crippen LogP contribution in [0, 0.1) is 10.1 Å². The van der Waals surface area contributed by atoms with E-state index in [1.165, 1.54) is 17.1 Å². The molecule has 0 amide bonds. The van der Waals surface area contributed by atoms with E-state index in [2.05, 4.69) is 19.8 Å². The summed E-state index contributed by atoms with van der Waals surface area (Å²) in [5.41, 5.74) is 1.75. The summed E-state index contributed by atoms with van der Waals surface area (Å²) in [6.07, 6.45) is 3.15. The number of pyridine rings is 1. The van der Waals surface area contributed by atoms with E-state index in [4.69, 9.17) is 11.6 Å². The third-order valence-corrected chi connectivity index (χ3v) is 4.60. The monoisotopic (exact) mass is 339 g/mol. The van der Waals surface area contributed by atoms with E-state index in [1.807, 2.05) is 11.7 Å². The molecule has 3 rings (SSSR count). The SMILES string of the molecule is O=[N+]([O-])c1cnc(N2CCN(Cc3cncs3)CC2)c(Cl)c1. The third-order valence-electron chi connectivity index (χ3n) is 3.55. The van der Waals surface area contributed by atoms with E-state index in [-0.39, 0.29) is 5.69 Å². The molecule has 22 heavy (non-hydrogen) atoms. The van der Waals surface area contributed by atoms with Gasteiger partial charge in [-0.3, -0.25) is 20.0 Å². The number of nitro groups is 1. The van der Waals surface area contributed by atoms with Gasteiger partial charge in [0.05, 0.1) is 15.5 Å². The average molecular weight is 340 g/mol. The lowest BCUT2D eigenvalue weighted by Gasteiger charge is -2.35. The fourth-order valence-corrected chi connectivity index (χ4v) is 3.33. The summed E-state index contributed by atoms with van der Waals surface area (Å²) in [6.45, 7) is 4.28. The predicted molar refractivity (Wildman–Crippen MR) is 85.5 cm³/mol. The fourth-order valence-electron chi connectivity index (χ4n) is 2.41. The number of halogens is 1. The molecule has 0 atom stereocenters. The Morgan fingerprint density at radius 1 is 1.32 bits per heavy atom. The zero-order chi connectivity index (χ0) is 15.5. The molecule has 7 nitrogen and oxygen atoms in total. The van der Waals surface area contributed by atoms with Gasteiger partial charge in [0.2, 0.25) is 0 Å². The second-order valence-electron chi connectivity index (χ2n) is 4.99. The molecule has 1 aliphatic rings. The first-order valence-corrected chi connectivity index (χ1v) is 8.04. The maximum atomic E-state index is 10.7. The Morgan fingerprint density at radius 2 is 2.09 bits per heavy atom. The minimum absolute atomic E-state index is 0.0856. The molecule has 0 bridgehead atoms. The summed E-state index contributed by atoms with van der Waals surface area (Å²) in [4.78, 5) is 24.1. The highest BCUT2D eigenvalue weighted by atomic mass is 35.5. The molecule has 0 saturated carbocycles. The molecule has 1 saturated heterocycles. The Bertz CT molecular complexity index is 658. The first-order valence-electron chi connectivity index (χ1n) is 6.78. The Hall–Kier alpha value is -1.77. The summed E-state index contributed by atoms with van der Waals surface area (Å²) in [6, 6.07) is 1.35. The lowest BCUT2D eigenvalue weighted by Crippen LogP contribution is -2.46. The second kappa shape index (κ2) is 6.55. The molecular weight excluding hydrogens is 326 g/mol. The molecule has 2 aromatic rings. The van der Waals surface area contributed by atoms with Crippen LogP contribution in [0.15, 0.2) is 24.0 Å². The number of thiazole rings is 1. The van der Waals surface area contributed by atoms with E-state index < -0.39 is 4.92 Å². The molecule has 116 valence electrons. The highest BCUT2D eigenvalue weighted by Crippen LogP contribution is 2.28. The van der Waals surface area contributed by atoms with Crippen LogP contribution >= 0.6 is 22.9 Å². The van der Waals surface area contributed by atoms with Crippen molar-refractivity contribution in [2.24, 2.45) is 0 Å². The van der Waals surface area contributed by atoms with Gasteiger partial charge in [0.25, 0.3) is 5.69 Å². The maximum absolute atomic E-state index is 10.7. The Labute approximate surface area is 136 Å². The van der Waals surface area contributed by atoms with Crippen LogP contribution in [0.3, 0.4) is 0 Å². The number of nitrogens with zero attached hydrogens (tertiary/aromatic N) is 5. The topological polar surface area (TPSA) is 75.4 Å². The highest BCUT2D eigenvalue weighted by Gasteiger charge is 2.21. The van der Waals surface area contributed by atoms with Crippen molar-refractivity contribution in [1.82, 2.24) is 14.9 Å². The van der Waals surface area contributed by atoms with Crippen molar-refractivity contribution in [1.29, 1.82) is 0 Å². The van der Waals surface area contributed by atoms with E-state index >= 15 is 0 Å². The molecule has 0 spiro atoms. The zero-order valence-electron chi connectivity index (χ0n) is 11.7. The van der Waals surface area contributed by atoms with Gasteiger partial charge in [0.15, 0.2) is 0 Å². The van der Waals surface area contributed by atoms with E-state index in [0.717, 1.165) is 32.7 Å². The van der Waals surface area contributed by atoms with Crippen LogP contribution in [0.2, 0.25) is 5.02 Å². The van der Waals surface area contributed by atoms with Crippen LogP contribution in [0.1, 0.15) is 4.88 Å². The largest absolute Gasteiger partial charge is 0.353 e. The van der Waals surface area contributed by atoms with Crippen LogP contribution in [0.4, 0.5) is 11.5 Å². The van der Waals surface area contributed by atoms with Crippen molar-refractivity contribution in [2.75, 3.05) is 31.1 Å². The van der Waals surface area contributed by atoms with Crippen molar-refractivity contribution in [3.63, 3.8) is 0 Å². The van der Waals surface area contributed by atoms with Crippen LogP contribution < -0.4 is 4.90 Å². The first kappa shape index (κ1) is 15.1. The van der Waals surface area contributed by atoms with Gasteiger partial charge < -0.3 is 4.90 Å². The standard InChI is InChI=1S/C13H14ClN5O2S/c14-12-5-10(19(20)21)6-16-13(12)18-3-1-17(2-4-18)8-11-7-15-9-22-11/h5-7,9H,1-4,8H2. The molecule has 1 aliphatic heterocycles. The molecule has 1 fully saturated rings. The molecule has 9 heteroatoms. The van der Waals surface area contributed by atoms with Crippen LogP contribution in [-0.4, -0.2) is 46.0 Å².